The maximum Gasteiger partial charge on any atom is 0.424 e. The molecule has 2 atom stereocenters. The van der Waals surface area contributed by atoms with Crippen molar-refractivity contribution in [1.82, 2.24) is 4.31 Å². The van der Waals surface area contributed by atoms with Gasteiger partial charge in [0.05, 0.1) is 17.0 Å². The van der Waals surface area contributed by atoms with Crippen molar-refractivity contribution in [2.45, 2.75) is 42.0 Å². The molecule has 1 fully saturated rings. The lowest BCUT2D eigenvalue weighted by Gasteiger charge is -2.24. The molecule has 0 aromatic heterocycles. The largest absolute Gasteiger partial charge is 0.446 e. The summed E-state index contributed by atoms with van der Waals surface area (Å²) in [7, 11) is -3.97. The number of nitrogens with zero attached hydrogens (tertiary/aromatic N) is 2. The standard InChI is InChI=1S/C15H17BrN2O4S/c1-11-5-7-12(8-6-11)23(20,21)18-14(10-22-15(18)19)13(16)4-2-3-9-17/h5-8,13-14H,2-4,10H2,1H3. The highest BCUT2D eigenvalue weighted by molar-refractivity contribution is 9.09. The number of carbonyl (C=O) groups is 1. The van der Waals surface area contributed by atoms with E-state index in [0.717, 1.165) is 9.87 Å². The van der Waals surface area contributed by atoms with Crippen LogP contribution in [0.15, 0.2) is 29.2 Å². The number of carbonyl (C=O) groups excluding carboxylic acids is 1. The van der Waals surface area contributed by atoms with Crippen LogP contribution in [0.3, 0.4) is 0 Å². The smallest absolute Gasteiger partial charge is 0.424 e. The Kier molecular flexibility index (Phi) is 5.65. The maximum absolute atomic E-state index is 12.8. The number of unbranched alkanes of at least 4 members (excludes halogenated alkanes) is 1. The molecule has 0 bridgehead atoms. The monoisotopic (exact) mass is 400 g/mol. The summed E-state index contributed by atoms with van der Waals surface area (Å²) in [5.74, 6) is 0. The lowest BCUT2D eigenvalue weighted by molar-refractivity contribution is 0.170. The average Bonchev–Trinajstić information content (AvgIpc) is 2.90. The summed E-state index contributed by atoms with van der Waals surface area (Å²) < 4.78 is 31.3. The average molecular weight is 401 g/mol. The first-order chi connectivity index (χ1) is 10.9. The molecule has 6 nitrogen and oxygen atoms in total. The molecule has 0 saturated carbocycles. The van der Waals surface area contributed by atoms with E-state index in [2.05, 4.69) is 15.9 Å². The summed E-state index contributed by atoms with van der Waals surface area (Å²) in [5, 5.41) is 8.59. The minimum Gasteiger partial charge on any atom is -0.446 e. The molecule has 23 heavy (non-hydrogen) atoms. The summed E-state index contributed by atoms with van der Waals surface area (Å²) in [4.78, 5) is 11.8. The molecule has 1 aliphatic rings. The van der Waals surface area contributed by atoms with Crippen LogP contribution in [0.1, 0.15) is 24.8 Å². The Balaban J connectivity index is 2.25. The van der Waals surface area contributed by atoms with Crippen molar-refractivity contribution < 1.29 is 17.9 Å². The molecule has 124 valence electrons. The van der Waals surface area contributed by atoms with Gasteiger partial charge in [-0.2, -0.15) is 9.57 Å². The molecule has 0 aliphatic carbocycles. The molecule has 8 heteroatoms. The quantitative estimate of drug-likeness (QED) is 0.540. The molecular formula is C15H17BrN2O4S. The third-order valence-electron chi connectivity index (χ3n) is 3.62. The second-order valence-corrected chi connectivity index (χ2v) is 8.32. The second-order valence-electron chi connectivity index (χ2n) is 5.32. The van der Waals surface area contributed by atoms with E-state index in [1.54, 1.807) is 12.1 Å². The first-order valence-electron chi connectivity index (χ1n) is 7.17. The number of aryl methyl sites for hydroxylation is 1. The van der Waals surface area contributed by atoms with Crippen molar-refractivity contribution in [2.24, 2.45) is 0 Å². The molecular weight excluding hydrogens is 384 g/mol. The second kappa shape index (κ2) is 7.32. The third kappa shape index (κ3) is 3.85. The fourth-order valence-electron chi connectivity index (χ4n) is 2.34. The first-order valence-corrected chi connectivity index (χ1v) is 9.52. The summed E-state index contributed by atoms with van der Waals surface area (Å²) in [6.07, 6.45) is 0.721. The summed E-state index contributed by atoms with van der Waals surface area (Å²) >= 11 is 3.43. The fourth-order valence-corrected chi connectivity index (χ4v) is 4.73. The van der Waals surface area contributed by atoms with Gasteiger partial charge >= 0.3 is 6.09 Å². The van der Waals surface area contributed by atoms with Crippen LogP contribution in [-0.2, 0) is 14.8 Å². The van der Waals surface area contributed by atoms with Gasteiger partial charge in [0.25, 0.3) is 10.0 Å². The number of rotatable bonds is 6. The topological polar surface area (TPSA) is 87.5 Å². The molecule has 1 saturated heterocycles. The van der Waals surface area contributed by atoms with Crippen molar-refractivity contribution in [3.63, 3.8) is 0 Å². The Morgan fingerprint density at radius 2 is 2.09 bits per heavy atom. The van der Waals surface area contributed by atoms with E-state index in [1.807, 2.05) is 13.0 Å². The number of hydrogen-bond donors (Lipinski definition) is 0. The van der Waals surface area contributed by atoms with Gasteiger partial charge < -0.3 is 4.74 Å². The van der Waals surface area contributed by atoms with E-state index in [9.17, 15) is 13.2 Å². The van der Waals surface area contributed by atoms with Crippen LogP contribution in [0.5, 0.6) is 0 Å². The molecule has 1 amide bonds. The third-order valence-corrected chi connectivity index (χ3v) is 6.50. The van der Waals surface area contributed by atoms with E-state index in [0.29, 0.717) is 19.3 Å². The minimum atomic E-state index is -3.97. The normalized spacial score (nSPS) is 19.3. The Bertz CT molecular complexity index is 712. The van der Waals surface area contributed by atoms with Gasteiger partial charge in [-0.05, 0) is 31.9 Å². The Hall–Kier alpha value is -1.59. The number of amides is 1. The van der Waals surface area contributed by atoms with E-state index in [1.165, 1.54) is 12.1 Å². The predicted octanol–water partition coefficient (Wildman–Crippen LogP) is 2.96. The van der Waals surface area contributed by atoms with Gasteiger partial charge in [-0.3, -0.25) is 0 Å². The van der Waals surface area contributed by atoms with Gasteiger partial charge in [0, 0.05) is 11.2 Å². The van der Waals surface area contributed by atoms with Crippen molar-refractivity contribution in [2.75, 3.05) is 6.61 Å². The fraction of sp³-hybridized carbons (Fsp3) is 0.467. The molecule has 0 spiro atoms. The number of ether oxygens (including phenoxy) is 1. The summed E-state index contributed by atoms with van der Waals surface area (Å²) in [6.45, 7) is 1.86. The van der Waals surface area contributed by atoms with Crippen LogP contribution in [0, 0.1) is 18.3 Å². The van der Waals surface area contributed by atoms with Crippen molar-refractivity contribution in [3.05, 3.63) is 29.8 Å². The van der Waals surface area contributed by atoms with E-state index in [4.69, 9.17) is 10.00 Å². The van der Waals surface area contributed by atoms with Crippen LogP contribution in [-0.4, -0.2) is 36.3 Å². The maximum atomic E-state index is 12.8. The highest BCUT2D eigenvalue weighted by atomic mass is 79.9. The number of halogens is 1. The van der Waals surface area contributed by atoms with Crippen LogP contribution < -0.4 is 0 Å². The molecule has 2 rings (SSSR count). The van der Waals surface area contributed by atoms with Crippen molar-refractivity contribution in [3.8, 4) is 6.07 Å². The van der Waals surface area contributed by atoms with Gasteiger partial charge in [-0.1, -0.05) is 33.6 Å². The molecule has 2 unspecified atom stereocenters. The van der Waals surface area contributed by atoms with E-state index >= 15 is 0 Å². The lowest BCUT2D eigenvalue weighted by atomic mass is 10.1. The minimum absolute atomic E-state index is 0.00634. The Morgan fingerprint density at radius 1 is 1.43 bits per heavy atom. The summed E-state index contributed by atoms with van der Waals surface area (Å²) in [6, 6.07) is 7.75. The highest BCUT2D eigenvalue weighted by Crippen LogP contribution is 2.30. The molecule has 0 radical (unpaired) electrons. The first kappa shape index (κ1) is 17.8. The Morgan fingerprint density at radius 3 is 2.70 bits per heavy atom. The number of hydrogen-bond acceptors (Lipinski definition) is 5. The summed E-state index contributed by atoms with van der Waals surface area (Å²) in [5.41, 5.74) is 0.930. The zero-order valence-electron chi connectivity index (χ0n) is 12.6. The number of sulfonamides is 1. The zero-order chi connectivity index (χ0) is 17.0. The number of alkyl halides is 1. The van der Waals surface area contributed by atoms with E-state index in [-0.39, 0.29) is 16.3 Å². The van der Waals surface area contributed by atoms with Crippen molar-refractivity contribution in [1.29, 1.82) is 5.26 Å². The van der Waals surface area contributed by atoms with Gasteiger partial charge in [0.1, 0.15) is 6.61 Å². The lowest BCUT2D eigenvalue weighted by Crippen LogP contribution is -2.43. The van der Waals surface area contributed by atoms with Crippen LogP contribution in [0.2, 0.25) is 0 Å². The van der Waals surface area contributed by atoms with Gasteiger partial charge in [0.15, 0.2) is 0 Å². The van der Waals surface area contributed by atoms with Gasteiger partial charge in [-0.15, -0.1) is 0 Å². The molecule has 1 aliphatic heterocycles. The van der Waals surface area contributed by atoms with Gasteiger partial charge in [-0.25, -0.2) is 13.2 Å². The molecule has 0 N–H and O–H groups in total. The van der Waals surface area contributed by atoms with Gasteiger partial charge in [0.2, 0.25) is 0 Å². The van der Waals surface area contributed by atoms with Crippen LogP contribution in [0.25, 0.3) is 0 Å². The van der Waals surface area contributed by atoms with Crippen molar-refractivity contribution >= 4 is 32.0 Å². The van der Waals surface area contributed by atoms with E-state index < -0.39 is 22.2 Å². The number of cyclic esters (lactones) is 1. The number of benzene rings is 1. The van der Waals surface area contributed by atoms with Crippen LogP contribution >= 0.6 is 15.9 Å². The Labute approximate surface area is 144 Å². The predicted molar refractivity (Wildman–Crippen MR) is 87.5 cm³/mol. The van der Waals surface area contributed by atoms with Crippen LogP contribution in [0.4, 0.5) is 4.79 Å². The number of nitriles is 1. The highest BCUT2D eigenvalue weighted by Gasteiger charge is 2.45. The molecule has 1 heterocycles. The molecule has 1 aromatic rings. The molecule has 1 aromatic carbocycles. The SMILES string of the molecule is Cc1ccc(S(=O)(=O)N2C(=O)OCC2C(Br)CCCC#N)cc1. The zero-order valence-corrected chi connectivity index (χ0v) is 15.0.